The maximum Gasteiger partial charge on any atom is 0.206 e. The molecule has 0 atom stereocenters. The number of ketones is 1. The molecule has 0 aliphatic heterocycles. The molecule has 0 saturated heterocycles. The van der Waals surface area contributed by atoms with Gasteiger partial charge in [0.15, 0.2) is 37.7 Å². The standard InChI is InChI=1S/C28H36O10/c1-18(2)8-10-20-22(36-15-31-3)14-23(37-16-32-4)26(27(20)30)21(29)11-9-19-12-24(34-6)28(38-17-33-5)25(13-19)35-7/h8-9,11-14,30H,10,15-17H2,1-7H3/b11-9+. The minimum Gasteiger partial charge on any atom is -0.507 e. The molecule has 0 aromatic heterocycles. The Morgan fingerprint density at radius 3 is 1.87 bits per heavy atom. The summed E-state index contributed by atoms with van der Waals surface area (Å²) in [4.78, 5) is 13.4. The van der Waals surface area contributed by atoms with Crippen LogP contribution in [0, 0.1) is 0 Å². The number of ether oxygens (including phenoxy) is 8. The van der Waals surface area contributed by atoms with E-state index in [9.17, 15) is 9.90 Å². The predicted molar refractivity (Wildman–Crippen MR) is 142 cm³/mol. The Morgan fingerprint density at radius 2 is 1.34 bits per heavy atom. The third-order valence-electron chi connectivity index (χ3n) is 5.19. The average Bonchev–Trinajstić information content (AvgIpc) is 2.91. The van der Waals surface area contributed by atoms with Gasteiger partial charge in [-0.25, -0.2) is 0 Å². The Hall–Kier alpha value is -3.73. The molecule has 208 valence electrons. The zero-order valence-corrected chi connectivity index (χ0v) is 22.9. The highest BCUT2D eigenvalue weighted by atomic mass is 16.7. The van der Waals surface area contributed by atoms with Gasteiger partial charge in [0, 0.05) is 33.0 Å². The number of hydrogen-bond acceptors (Lipinski definition) is 10. The van der Waals surface area contributed by atoms with Crippen molar-refractivity contribution in [3.8, 4) is 34.5 Å². The number of phenolic OH excluding ortho intramolecular Hbond substituents is 1. The zero-order valence-electron chi connectivity index (χ0n) is 22.9. The molecule has 38 heavy (non-hydrogen) atoms. The van der Waals surface area contributed by atoms with Gasteiger partial charge in [-0.3, -0.25) is 4.79 Å². The third-order valence-corrected chi connectivity index (χ3v) is 5.19. The fourth-order valence-electron chi connectivity index (χ4n) is 3.40. The number of aromatic hydroxyl groups is 1. The number of carbonyl (C=O) groups is 1. The van der Waals surface area contributed by atoms with Gasteiger partial charge in [-0.05, 0) is 44.0 Å². The van der Waals surface area contributed by atoms with E-state index in [1.807, 2.05) is 19.9 Å². The van der Waals surface area contributed by atoms with Crippen LogP contribution in [0.5, 0.6) is 34.5 Å². The first-order valence-electron chi connectivity index (χ1n) is 11.7. The molecule has 0 unspecified atom stereocenters. The van der Waals surface area contributed by atoms with Gasteiger partial charge in [0.2, 0.25) is 5.75 Å². The molecule has 0 radical (unpaired) electrons. The minimum atomic E-state index is -0.497. The lowest BCUT2D eigenvalue weighted by Gasteiger charge is -2.18. The van der Waals surface area contributed by atoms with Crippen molar-refractivity contribution in [1.29, 1.82) is 0 Å². The number of carbonyl (C=O) groups excluding carboxylic acids is 1. The minimum absolute atomic E-state index is 0.00306. The molecule has 0 bridgehead atoms. The monoisotopic (exact) mass is 532 g/mol. The summed E-state index contributed by atoms with van der Waals surface area (Å²) >= 11 is 0. The van der Waals surface area contributed by atoms with Gasteiger partial charge >= 0.3 is 0 Å². The van der Waals surface area contributed by atoms with Crippen LogP contribution in [-0.4, -0.2) is 66.8 Å². The number of allylic oxidation sites excluding steroid dienone is 3. The quantitative estimate of drug-likeness (QED) is 0.141. The van der Waals surface area contributed by atoms with Crippen molar-refractivity contribution in [3.63, 3.8) is 0 Å². The summed E-state index contributed by atoms with van der Waals surface area (Å²) in [5.74, 6) is 0.828. The van der Waals surface area contributed by atoms with E-state index in [0.717, 1.165) is 5.57 Å². The molecule has 0 saturated carbocycles. The topological polar surface area (TPSA) is 111 Å². The normalized spacial score (nSPS) is 10.8. The lowest BCUT2D eigenvalue weighted by atomic mass is 9.99. The summed E-state index contributed by atoms with van der Waals surface area (Å²) < 4.78 is 42.7. The average molecular weight is 533 g/mol. The van der Waals surface area contributed by atoms with Gasteiger partial charge in [0.1, 0.15) is 22.8 Å². The summed E-state index contributed by atoms with van der Waals surface area (Å²) in [6.45, 7) is 3.68. The number of phenols is 1. The van der Waals surface area contributed by atoms with Crippen LogP contribution in [0.15, 0.2) is 35.9 Å². The molecule has 0 amide bonds. The van der Waals surface area contributed by atoms with E-state index >= 15 is 0 Å². The highest BCUT2D eigenvalue weighted by Gasteiger charge is 2.24. The molecular weight excluding hydrogens is 496 g/mol. The first-order chi connectivity index (χ1) is 18.3. The van der Waals surface area contributed by atoms with Crippen LogP contribution in [-0.2, 0) is 20.6 Å². The van der Waals surface area contributed by atoms with Crippen molar-refractivity contribution < 1.29 is 47.8 Å². The fourth-order valence-corrected chi connectivity index (χ4v) is 3.40. The van der Waals surface area contributed by atoms with E-state index in [1.165, 1.54) is 41.6 Å². The number of benzene rings is 2. The Morgan fingerprint density at radius 1 is 0.789 bits per heavy atom. The van der Waals surface area contributed by atoms with E-state index in [4.69, 9.17) is 37.9 Å². The zero-order chi connectivity index (χ0) is 28.1. The highest BCUT2D eigenvalue weighted by Crippen LogP contribution is 2.41. The Bertz CT molecular complexity index is 1110. The van der Waals surface area contributed by atoms with Gasteiger partial charge in [-0.1, -0.05) is 17.7 Å². The Labute approximate surface area is 223 Å². The van der Waals surface area contributed by atoms with Crippen molar-refractivity contribution in [2.75, 3.05) is 55.9 Å². The molecule has 10 nitrogen and oxygen atoms in total. The van der Waals surface area contributed by atoms with E-state index in [0.29, 0.717) is 40.5 Å². The number of hydrogen-bond donors (Lipinski definition) is 1. The molecule has 0 fully saturated rings. The van der Waals surface area contributed by atoms with E-state index in [2.05, 4.69) is 0 Å². The maximum absolute atomic E-state index is 13.4. The van der Waals surface area contributed by atoms with E-state index < -0.39 is 5.78 Å². The lowest BCUT2D eigenvalue weighted by Crippen LogP contribution is -2.09. The Kier molecular flexibility index (Phi) is 12.4. The Balaban J connectivity index is 2.56. The van der Waals surface area contributed by atoms with Crippen LogP contribution < -0.4 is 23.7 Å². The summed E-state index contributed by atoms with van der Waals surface area (Å²) in [7, 11) is 7.43. The maximum atomic E-state index is 13.4. The molecule has 0 spiro atoms. The predicted octanol–water partition coefficient (Wildman–Crippen LogP) is 4.76. The van der Waals surface area contributed by atoms with Crippen molar-refractivity contribution in [1.82, 2.24) is 0 Å². The molecule has 1 N–H and O–H groups in total. The molecular formula is C28H36O10. The van der Waals surface area contributed by atoms with Crippen molar-refractivity contribution >= 4 is 11.9 Å². The molecule has 0 aliphatic carbocycles. The molecule has 10 heteroatoms. The molecule has 2 rings (SSSR count). The van der Waals surface area contributed by atoms with Gasteiger partial charge in [0.05, 0.1) is 14.2 Å². The first-order valence-corrected chi connectivity index (χ1v) is 11.7. The second-order valence-electron chi connectivity index (χ2n) is 8.17. The van der Waals surface area contributed by atoms with Crippen LogP contribution in [0.3, 0.4) is 0 Å². The van der Waals surface area contributed by atoms with Crippen LogP contribution in [0.2, 0.25) is 0 Å². The van der Waals surface area contributed by atoms with Crippen molar-refractivity contribution in [3.05, 3.63) is 52.6 Å². The van der Waals surface area contributed by atoms with Crippen LogP contribution in [0.1, 0.15) is 35.3 Å². The summed E-state index contributed by atoms with van der Waals surface area (Å²) in [5, 5.41) is 11.2. The summed E-state index contributed by atoms with van der Waals surface area (Å²) in [6, 6.07) is 4.91. The third kappa shape index (κ3) is 8.14. The van der Waals surface area contributed by atoms with Gasteiger partial charge < -0.3 is 43.0 Å². The van der Waals surface area contributed by atoms with Crippen LogP contribution in [0.25, 0.3) is 6.08 Å². The van der Waals surface area contributed by atoms with Crippen molar-refractivity contribution in [2.45, 2.75) is 20.3 Å². The SMILES string of the molecule is COCOc1cc(OCOC)c(C(=O)/C=C/c2cc(OC)c(OCOC)c(OC)c2)c(O)c1CC=C(C)C. The van der Waals surface area contributed by atoms with Crippen molar-refractivity contribution in [2.24, 2.45) is 0 Å². The van der Waals surface area contributed by atoms with Gasteiger partial charge in [-0.15, -0.1) is 0 Å². The van der Waals surface area contributed by atoms with Gasteiger partial charge in [0.25, 0.3) is 0 Å². The molecule has 0 heterocycles. The highest BCUT2D eigenvalue weighted by molar-refractivity contribution is 6.11. The molecule has 2 aromatic carbocycles. The lowest BCUT2D eigenvalue weighted by molar-refractivity contribution is 0.0449. The van der Waals surface area contributed by atoms with E-state index in [1.54, 1.807) is 24.3 Å². The fraction of sp³-hybridized carbons (Fsp3) is 0.393. The first kappa shape index (κ1) is 30.5. The number of methoxy groups -OCH3 is 5. The van der Waals surface area contributed by atoms with E-state index in [-0.39, 0.29) is 37.4 Å². The molecule has 0 aliphatic rings. The second-order valence-corrected chi connectivity index (χ2v) is 8.17. The smallest absolute Gasteiger partial charge is 0.206 e. The summed E-state index contributed by atoms with van der Waals surface area (Å²) in [5.41, 5.74) is 2.03. The second kappa shape index (κ2) is 15.5. The summed E-state index contributed by atoms with van der Waals surface area (Å²) in [6.07, 6.45) is 5.14. The van der Waals surface area contributed by atoms with Crippen LogP contribution in [0.4, 0.5) is 0 Å². The number of rotatable bonds is 16. The van der Waals surface area contributed by atoms with Gasteiger partial charge in [-0.2, -0.15) is 0 Å². The molecule has 2 aromatic rings. The van der Waals surface area contributed by atoms with Crippen LogP contribution >= 0.6 is 0 Å². The largest absolute Gasteiger partial charge is 0.507 e.